The summed E-state index contributed by atoms with van der Waals surface area (Å²) >= 11 is 0. The van der Waals surface area contributed by atoms with Crippen LogP contribution in [0, 0.1) is 0 Å². The normalized spacial score (nSPS) is 17.6. The average Bonchev–Trinajstić information content (AvgIpc) is 2.72. The topological polar surface area (TPSA) is 67.9 Å². The zero-order chi connectivity index (χ0) is 19.3. The Bertz CT molecular complexity index is 876. The number of benzene rings is 2. The summed E-state index contributed by atoms with van der Waals surface area (Å²) in [6.07, 6.45) is 0. The van der Waals surface area contributed by atoms with Crippen molar-refractivity contribution in [2.75, 3.05) is 46.2 Å². The molecule has 0 spiro atoms. The number of nitrogens with one attached hydrogen (secondary N) is 1. The van der Waals surface area contributed by atoms with Gasteiger partial charge in [-0.1, -0.05) is 24.3 Å². The molecule has 1 aliphatic rings. The van der Waals surface area contributed by atoms with Crippen molar-refractivity contribution in [3.05, 3.63) is 54.1 Å². The van der Waals surface area contributed by atoms with Crippen LogP contribution >= 0.6 is 12.4 Å². The molecule has 1 heterocycles. The van der Waals surface area contributed by atoms with Crippen molar-refractivity contribution < 1.29 is 17.9 Å². The van der Waals surface area contributed by atoms with Crippen molar-refractivity contribution in [1.29, 1.82) is 0 Å². The van der Waals surface area contributed by atoms with Gasteiger partial charge < -0.3 is 14.8 Å². The van der Waals surface area contributed by atoms with E-state index in [0.29, 0.717) is 17.2 Å². The van der Waals surface area contributed by atoms with E-state index < -0.39 is 9.84 Å². The van der Waals surface area contributed by atoms with Gasteiger partial charge in [-0.2, -0.15) is 0 Å². The summed E-state index contributed by atoms with van der Waals surface area (Å²) in [6.45, 7) is 2.85. The van der Waals surface area contributed by atoms with E-state index in [1.54, 1.807) is 31.4 Å². The Morgan fingerprint density at radius 2 is 1.89 bits per heavy atom. The van der Waals surface area contributed by atoms with Crippen molar-refractivity contribution in [1.82, 2.24) is 10.2 Å². The van der Waals surface area contributed by atoms with Crippen molar-refractivity contribution >= 4 is 22.2 Å². The number of hydrogen-bond acceptors (Lipinski definition) is 6. The molecule has 2 aromatic rings. The van der Waals surface area contributed by atoms with Crippen molar-refractivity contribution in [3.63, 3.8) is 0 Å². The van der Waals surface area contributed by atoms with E-state index in [1.165, 1.54) is 7.11 Å². The van der Waals surface area contributed by atoms with E-state index in [-0.39, 0.29) is 24.2 Å². The number of methoxy groups -OCH3 is 2. The third-order valence-corrected chi connectivity index (χ3v) is 6.59. The molecule has 0 aromatic heterocycles. The summed E-state index contributed by atoms with van der Waals surface area (Å²) in [5.74, 6) is 1.43. The average molecular weight is 427 g/mol. The van der Waals surface area contributed by atoms with Gasteiger partial charge >= 0.3 is 0 Å². The van der Waals surface area contributed by atoms with E-state index in [0.717, 1.165) is 30.9 Å². The van der Waals surface area contributed by atoms with Crippen LogP contribution in [0.4, 0.5) is 0 Å². The van der Waals surface area contributed by atoms with Crippen LogP contribution in [0.25, 0.3) is 0 Å². The number of piperazine rings is 1. The number of ether oxygens (including phenoxy) is 2. The highest BCUT2D eigenvalue weighted by atomic mass is 35.5. The van der Waals surface area contributed by atoms with Gasteiger partial charge in [-0.3, -0.25) is 4.90 Å². The lowest BCUT2D eigenvalue weighted by atomic mass is 10.0. The van der Waals surface area contributed by atoms with Gasteiger partial charge in [0.25, 0.3) is 0 Å². The molecular formula is C20H27ClN2O4S. The maximum absolute atomic E-state index is 12.8. The number of sulfone groups is 1. The molecule has 2 aromatic carbocycles. The predicted octanol–water partition coefficient (Wildman–Crippen LogP) is 2.55. The van der Waals surface area contributed by atoms with E-state index in [9.17, 15) is 8.42 Å². The minimum atomic E-state index is -3.39. The number of halogens is 1. The second-order valence-corrected chi connectivity index (χ2v) is 8.60. The lowest BCUT2D eigenvalue weighted by molar-refractivity contribution is 0.168. The van der Waals surface area contributed by atoms with Gasteiger partial charge in [0.1, 0.15) is 11.5 Å². The van der Waals surface area contributed by atoms with Crippen LogP contribution in [0.1, 0.15) is 11.6 Å². The van der Waals surface area contributed by atoms with Crippen LogP contribution in [0.15, 0.2) is 53.4 Å². The standard InChI is InChI=1S/C20H26N2O4S.ClH/c1-25-16-6-5-7-17(14-16)27(23,24)13-12-22-11-10-21-15-19(22)18-8-3-4-9-20(18)26-2;/h3-9,14,19,21H,10-13,15H2,1-2H3;1H. The molecule has 28 heavy (non-hydrogen) atoms. The maximum atomic E-state index is 12.8. The molecule has 1 fully saturated rings. The van der Waals surface area contributed by atoms with Gasteiger partial charge in [0, 0.05) is 31.7 Å². The minimum Gasteiger partial charge on any atom is -0.497 e. The lowest BCUT2D eigenvalue weighted by Gasteiger charge is -2.37. The fraction of sp³-hybridized carbons (Fsp3) is 0.400. The Labute approximate surface area is 173 Å². The molecule has 1 unspecified atom stereocenters. The molecule has 1 aliphatic heterocycles. The van der Waals surface area contributed by atoms with Crippen molar-refractivity contribution in [2.45, 2.75) is 10.9 Å². The van der Waals surface area contributed by atoms with E-state index in [1.807, 2.05) is 24.3 Å². The monoisotopic (exact) mass is 426 g/mol. The molecule has 8 heteroatoms. The second-order valence-electron chi connectivity index (χ2n) is 6.50. The molecule has 0 saturated carbocycles. The molecule has 1 N–H and O–H groups in total. The Kier molecular flexibility index (Phi) is 8.12. The van der Waals surface area contributed by atoms with Crippen LogP contribution in [0.3, 0.4) is 0 Å². The van der Waals surface area contributed by atoms with Crippen LogP contribution in [0.5, 0.6) is 11.5 Å². The first-order valence-electron chi connectivity index (χ1n) is 8.99. The van der Waals surface area contributed by atoms with E-state index in [2.05, 4.69) is 10.2 Å². The minimum absolute atomic E-state index is 0. The third-order valence-electron chi connectivity index (χ3n) is 4.90. The number of hydrogen-bond donors (Lipinski definition) is 1. The van der Waals surface area contributed by atoms with Gasteiger partial charge in [0.15, 0.2) is 9.84 Å². The van der Waals surface area contributed by atoms with E-state index >= 15 is 0 Å². The molecule has 6 nitrogen and oxygen atoms in total. The molecule has 0 amide bonds. The predicted molar refractivity (Wildman–Crippen MR) is 112 cm³/mol. The first-order chi connectivity index (χ1) is 13.0. The smallest absolute Gasteiger partial charge is 0.179 e. The SMILES string of the molecule is COc1cccc(S(=O)(=O)CCN2CCNCC2c2ccccc2OC)c1.Cl. The van der Waals surface area contributed by atoms with Gasteiger partial charge in [-0.25, -0.2) is 8.42 Å². The van der Waals surface area contributed by atoms with E-state index in [4.69, 9.17) is 9.47 Å². The summed E-state index contributed by atoms with van der Waals surface area (Å²) in [5, 5.41) is 3.40. The van der Waals surface area contributed by atoms with Crippen LogP contribution < -0.4 is 14.8 Å². The fourth-order valence-corrected chi connectivity index (χ4v) is 4.70. The summed E-state index contributed by atoms with van der Waals surface area (Å²) < 4.78 is 36.2. The highest BCUT2D eigenvalue weighted by Crippen LogP contribution is 2.30. The molecule has 0 bridgehead atoms. The number of rotatable bonds is 7. The van der Waals surface area contributed by atoms with Gasteiger partial charge in [-0.15, -0.1) is 12.4 Å². The second kappa shape index (κ2) is 10.1. The van der Waals surface area contributed by atoms with Crippen molar-refractivity contribution in [3.8, 4) is 11.5 Å². The molecule has 3 rings (SSSR count). The van der Waals surface area contributed by atoms with Gasteiger partial charge in [0.2, 0.25) is 0 Å². The van der Waals surface area contributed by atoms with Gasteiger partial charge in [-0.05, 0) is 24.3 Å². The first-order valence-corrected chi connectivity index (χ1v) is 10.6. The highest BCUT2D eigenvalue weighted by Gasteiger charge is 2.27. The Hall–Kier alpha value is -1.80. The molecule has 1 saturated heterocycles. The van der Waals surface area contributed by atoms with Crippen molar-refractivity contribution in [2.24, 2.45) is 0 Å². The third kappa shape index (κ3) is 5.17. The highest BCUT2D eigenvalue weighted by molar-refractivity contribution is 7.91. The van der Waals surface area contributed by atoms with Gasteiger partial charge in [0.05, 0.1) is 30.9 Å². The Morgan fingerprint density at radius 1 is 1.11 bits per heavy atom. The molecule has 0 radical (unpaired) electrons. The quantitative estimate of drug-likeness (QED) is 0.733. The summed E-state index contributed by atoms with van der Waals surface area (Å²) in [7, 11) is -0.195. The maximum Gasteiger partial charge on any atom is 0.179 e. The number of nitrogens with zero attached hydrogens (tertiary/aromatic N) is 1. The zero-order valence-corrected chi connectivity index (χ0v) is 17.8. The summed E-state index contributed by atoms with van der Waals surface area (Å²) in [5.41, 5.74) is 1.07. The summed E-state index contributed by atoms with van der Waals surface area (Å²) in [4.78, 5) is 2.51. The summed E-state index contributed by atoms with van der Waals surface area (Å²) in [6, 6.07) is 14.6. The first kappa shape index (κ1) is 22.5. The lowest BCUT2D eigenvalue weighted by Crippen LogP contribution is -2.47. The number of para-hydroxylation sites is 1. The van der Waals surface area contributed by atoms with Crippen LogP contribution in [0.2, 0.25) is 0 Å². The largest absolute Gasteiger partial charge is 0.497 e. The van der Waals surface area contributed by atoms with Crippen LogP contribution in [-0.4, -0.2) is 59.5 Å². The van der Waals surface area contributed by atoms with Crippen LogP contribution in [-0.2, 0) is 9.84 Å². The molecule has 1 atom stereocenters. The zero-order valence-electron chi connectivity index (χ0n) is 16.1. The molecule has 0 aliphatic carbocycles. The fourth-order valence-electron chi connectivity index (χ4n) is 3.41. The molecule has 154 valence electrons. The Morgan fingerprint density at radius 3 is 2.64 bits per heavy atom. The molecular weight excluding hydrogens is 400 g/mol. The Balaban J connectivity index is 0.00000280.